The van der Waals surface area contributed by atoms with Crippen LogP contribution < -0.4 is 11.0 Å². The number of hydrogen-bond donors (Lipinski definition) is 2. The first-order chi connectivity index (χ1) is 13.7. The van der Waals surface area contributed by atoms with Crippen LogP contribution in [0.15, 0.2) is 70.6 Å². The molecule has 0 saturated heterocycles. The van der Waals surface area contributed by atoms with E-state index in [1.54, 1.807) is 4.57 Å². The number of aromatic amines is 1. The molecule has 0 spiro atoms. The highest BCUT2D eigenvalue weighted by molar-refractivity contribution is 7.99. The van der Waals surface area contributed by atoms with Crippen molar-refractivity contribution in [3.63, 3.8) is 0 Å². The number of amides is 1. The average Bonchev–Trinajstić information content (AvgIpc) is 3.49. The first-order valence-electron chi connectivity index (χ1n) is 9.38. The van der Waals surface area contributed by atoms with Crippen molar-refractivity contribution in [2.45, 2.75) is 36.5 Å². The van der Waals surface area contributed by atoms with E-state index in [0.29, 0.717) is 5.16 Å². The van der Waals surface area contributed by atoms with Crippen molar-refractivity contribution in [3.8, 4) is 0 Å². The number of benzene rings is 2. The van der Waals surface area contributed by atoms with E-state index in [4.69, 9.17) is 0 Å². The van der Waals surface area contributed by atoms with E-state index in [-0.39, 0.29) is 29.4 Å². The molecule has 7 heteroatoms. The van der Waals surface area contributed by atoms with Crippen LogP contribution in [0.3, 0.4) is 0 Å². The van der Waals surface area contributed by atoms with E-state index in [2.05, 4.69) is 27.6 Å². The summed E-state index contributed by atoms with van der Waals surface area (Å²) in [6, 6.07) is 20.2. The van der Waals surface area contributed by atoms with E-state index in [0.717, 1.165) is 24.8 Å². The van der Waals surface area contributed by atoms with Gasteiger partial charge in [-0.15, -0.1) is 5.10 Å². The van der Waals surface area contributed by atoms with Gasteiger partial charge in [-0.1, -0.05) is 72.4 Å². The summed E-state index contributed by atoms with van der Waals surface area (Å²) in [5.41, 5.74) is 2.04. The van der Waals surface area contributed by atoms with Crippen molar-refractivity contribution in [3.05, 3.63) is 82.3 Å². The number of hydrogen-bond acceptors (Lipinski definition) is 4. The summed E-state index contributed by atoms with van der Waals surface area (Å²) >= 11 is 1.30. The fourth-order valence-corrected chi connectivity index (χ4v) is 4.03. The molecular weight excluding hydrogens is 372 g/mol. The standard InChI is InChI=1S/C21H22N4O2S/c26-19(14-28-21-24-23-20(27)25(21)17-11-12-17)22-18(16-9-5-2-6-10-16)13-15-7-3-1-4-8-15/h1-10,17-18H,11-14H2,(H,22,26)(H,23,27)/t18-/m0/s1. The second kappa shape index (κ2) is 8.48. The predicted molar refractivity (Wildman–Crippen MR) is 109 cm³/mol. The monoisotopic (exact) mass is 394 g/mol. The minimum absolute atomic E-state index is 0.0763. The Morgan fingerprint density at radius 1 is 1.14 bits per heavy atom. The zero-order chi connectivity index (χ0) is 19.3. The Labute approximate surface area is 167 Å². The first-order valence-corrected chi connectivity index (χ1v) is 10.4. The zero-order valence-electron chi connectivity index (χ0n) is 15.4. The van der Waals surface area contributed by atoms with Gasteiger partial charge in [-0.05, 0) is 30.4 Å². The molecule has 3 aromatic rings. The van der Waals surface area contributed by atoms with Crippen LogP contribution in [-0.4, -0.2) is 26.4 Å². The van der Waals surface area contributed by atoms with Crippen LogP contribution in [-0.2, 0) is 11.2 Å². The third-order valence-electron chi connectivity index (χ3n) is 4.74. The molecule has 4 rings (SSSR count). The SMILES string of the molecule is O=C(CSc1n[nH]c(=O)n1C1CC1)N[C@@H](Cc1ccccc1)c1ccccc1. The highest BCUT2D eigenvalue weighted by atomic mass is 32.2. The van der Waals surface area contributed by atoms with Gasteiger partial charge in [0.1, 0.15) is 0 Å². The molecule has 2 N–H and O–H groups in total. The molecule has 1 atom stereocenters. The molecule has 1 saturated carbocycles. The maximum Gasteiger partial charge on any atom is 0.344 e. The van der Waals surface area contributed by atoms with Crippen molar-refractivity contribution in [1.29, 1.82) is 0 Å². The molecule has 28 heavy (non-hydrogen) atoms. The minimum Gasteiger partial charge on any atom is -0.348 e. The molecule has 1 aliphatic carbocycles. The largest absolute Gasteiger partial charge is 0.348 e. The van der Waals surface area contributed by atoms with E-state index < -0.39 is 0 Å². The molecule has 2 aromatic carbocycles. The van der Waals surface area contributed by atoms with Crippen LogP contribution in [0.1, 0.15) is 36.1 Å². The average molecular weight is 395 g/mol. The molecule has 144 valence electrons. The molecule has 0 unspecified atom stereocenters. The molecule has 1 aromatic heterocycles. The number of H-pyrrole nitrogens is 1. The Bertz CT molecular complexity index is 980. The quantitative estimate of drug-likeness (QED) is 0.576. The number of nitrogens with zero attached hydrogens (tertiary/aromatic N) is 2. The number of carbonyl (C=O) groups is 1. The molecular formula is C21H22N4O2S. The summed E-state index contributed by atoms with van der Waals surface area (Å²) in [6.45, 7) is 0. The van der Waals surface area contributed by atoms with Crippen LogP contribution >= 0.6 is 11.8 Å². The van der Waals surface area contributed by atoms with E-state index in [1.165, 1.54) is 17.3 Å². The zero-order valence-corrected chi connectivity index (χ0v) is 16.2. The molecule has 1 heterocycles. The Morgan fingerprint density at radius 2 is 1.82 bits per heavy atom. The number of rotatable bonds is 8. The topological polar surface area (TPSA) is 79.8 Å². The van der Waals surface area contributed by atoms with E-state index >= 15 is 0 Å². The number of nitrogens with one attached hydrogen (secondary N) is 2. The molecule has 1 fully saturated rings. The van der Waals surface area contributed by atoms with Gasteiger partial charge in [0.25, 0.3) is 0 Å². The Morgan fingerprint density at radius 3 is 2.50 bits per heavy atom. The lowest BCUT2D eigenvalue weighted by molar-refractivity contribution is -0.119. The highest BCUT2D eigenvalue weighted by Crippen LogP contribution is 2.36. The van der Waals surface area contributed by atoms with Crippen LogP contribution in [0.2, 0.25) is 0 Å². The van der Waals surface area contributed by atoms with Crippen molar-refractivity contribution >= 4 is 17.7 Å². The fraction of sp³-hybridized carbons (Fsp3) is 0.286. The van der Waals surface area contributed by atoms with Crippen molar-refractivity contribution in [1.82, 2.24) is 20.1 Å². The second-order valence-corrected chi connectivity index (χ2v) is 7.86. The number of thioether (sulfide) groups is 1. The van der Waals surface area contributed by atoms with Crippen molar-refractivity contribution in [2.24, 2.45) is 0 Å². The van der Waals surface area contributed by atoms with Gasteiger partial charge in [0.2, 0.25) is 5.91 Å². The molecule has 0 bridgehead atoms. The summed E-state index contributed by atoms with van der Waals surface area (Å²) in [7, 11) is 0. The van der Waals surface area contributed by atoms with Gasteiger partial charge in [0, 0.05) is 6.04 Å². The van der Waals surface area contributed by atoms with Crippen LogP contribution in [0, 0.1) is 0 Å². The summed E-state index contributed by atoms with van der Waals surface area (Å²) in [6.07, 6.45) is 2.70. The van der Waals surface area contributed by atoms with Gasteiger partial charge < -0.3 is 5.32 Å². The summed E-state index contributed by atoms with van der Waals surface area (Å²) in [4.78, 5) is 24.5. The third-order valence-corrected chi connectivity index (χ3v) is 5.69. The van der Waals surface area contributed by atoms with E-state index in [1.807, 2.05) is 48.5 Å². The predicted octanol–water partition coefficient (Wildman–Crippen LogP) is 3.10. The molecule has 1 amide bonds. The lowest BCUT2D eigenvalue weighted by atomic mass is 9.99. The third kappa shape index (κ3) is 4.54. The van der Waals surface area contributed by atoms with Gasteiger partial charge in [-0.2, -0.15) is 0 Å². The molecule has 0 radical (unpaired) electrons. The number of aromatic nitrogens is 3. The van der Waals surface area contributed by atoms with Gasteiger partial charge in [0.05, 0.1) is 11.8 Å². The van der Waals surface area contributed by atoms with Crippen LogP contribution in [0.4, 0.5) is 0 Å². The summed E-state index contributed by atoms with van der Waals surface area (Å²) in [5.74, 6) is 0.141. The maximum absolute atomic E-state index is 12.6. The van der Waals surface area contributed by atoms with Gasteiger partial charge >= 0.3 is 5.69 Å². The van der Waals surface area contributed by atoms with Crippen LogP contribution in [0.25, 0.3) is 0 Å². The first kappa shape index (κ1) is 18.6. The van der Waals surface area contributed by atoms with Crippen molar-refractivity contribution in [2.75, 3.05) is 5.75 Å². The Kier molecular flexibility index (Phi) is 5.62. The second-order valence-electron chi connectivity index (χ2n) is 6.92. The lowest BCUT2D eigenvalue weighted by Gasteiger charge is -2.19. The van der Waals surface area contributed by atoms with Gasteiger partial charge in [-0.25, -0.2) is 9.89 Å². The summed E-state index contributed by atoms with van der Waals surface area (Å²) < 4.78 is 1.66. The summed E-state index contributed by atoms with van der Waals surface area (Å²) in [5, 5.41) is 10.3. The maximum atomic E-state index is 12.6. The lowest BCUT2D eigenvalue weighted by Crippen LogP contribution is -2.31. The number of carbonyl (C=O) groups excluding carboxylic acids is 1. The smallest absolute Gasteiger partial charge is 0.344 e. The Hall–Kier alpha value is -2.80. The van der Waals surface area contributed by atoms with Crippen LogP contribution in [0.5, 0.6) is 0 Å². The normalized spacial score (nSPS) is 14.6. The highest BCUT2D eigenvalue weighted by Gasteiger charge is 2.28. The van der Waals surface area contributed by atoms with Gasteiger partial charge in [-0.3, -0.25) is 9.36 Å². The molecule has 1 aliphatic rings. The molecule has 0 aliphatic heterocycles. The Balaban J connectivity index is 1.43. The fourth-order valence-electron chi connectivity index (χ4n) is 3.20. The van der Waals surface area contributed by atoms with E-state index in [9.17, 15) is 9.59 Å². The van der Waals surface area contributed by atoms with Gasteiger partial charge in [0.15, 0.2) is 5.16 Å². The molecule has 6 nitrogen and oxygen atoms in total. The minimum atomic E-state index is -0.198. The van der Waals surface area contributed by atoms with Crippen molar-refractivity contribution < 1.29 is 4.79 Å².